The van der Waals surface area contributed by atoms with Crippen molar-refractivity contribution in [1.29, 1.82) is 0 Å². The first kappa shape index (κ1) is 25.1. The molecule has 1 heterocycles. The summed E-state index contributed by atoms with van der Waals surface area (Å²) in [6.07, 6.45) is 4.87. The van der Waals surface area contributed by atoms with E-state index in [1.165, 1.54) is 35.5 Å². The number of nitrogens with zero attached hydrogens (tertiary/aromatic N) is 2. The fraction of sp³-hybridized carbons (Fsp3) is 0.423. The van der Waals surface area contributed by atoms with Gasteiger partial charge in [-0.25, -0.2) is 13.3 Å². The molecule has 2 aromatic rings. The van der Waals surface area contributed by atoms with Gasteiger partial charge in [-0.1, -0.05) is 43.4 Å². The molecule has 1 aliphatic carbocycles. The van der Waals surface area contributed by atoms with Crippen molar-refractivity contribution in [2.45, 2.75) is 75.8 Å². The normalized spacial score (nSPS) is 19.7. The Morgan fingerprint density at radius 2 is 1.54 bits per heavy atom. The Labute approximate surface area is 206 Å². The summed E-state index contributed by atoms with van der Waals surface area (Å²) in [5, 5.41) is 2.63. The minimum atomic E-state index is -4.09. The summed E-state index contributed by atoms with van der Waals surface area (Å²) in [4.78, 5) is 39.1. The summed E-state index contributed by atoms with van der Waals surface area (Å²) in [6.45, 7) is 3.29. The van der Waals surface area contributed by atoms with Crippen molar-refractivity contribution in [2.24, 2.45) is 0 Å². The summed E-state index contributed by atoms with van der Waals surface area (Å²) in [6, 6.07) is 11.5. The van der Waals surface area contributed by atoms with Crippen LogP contribution in [-0.2, 0) is 24.4 Å². The minimum absolute atomic E-state index is 0.0323. The maximum absolute atomic E-state index is 14.0. The van der Waals surface area contributed by atoms with E-state index >= 15 is 0 Å². The molecule has 2 aromatic carbocycles. The van der Waals surface area contributed by atoms with Crippen molar-refractivity contribution in [2.75, 3.05) is 10.2 Å². The number of aryl methyl sites for hydroxylation is 1. The summed E-state index contributed by atoms with van der Waals surface area (Å²) < 4.78 is 29.2. The predicted octanol–water partition coefficient (Wildman–Crippen LogP) is 4.00. The molecule has 1 aliphatic heterocycles. The lowest BCUT2D eigenvalue weighted by atomic mass is 10.1. The van der Waals surface area contributed by atoms with E-state index in [9.17, 15) is 22.8 Å². The maximum atomic E-state index is 14.0. The van der Waals surface area contributed by atoms with Crippen molar-refractivity contribution >= 4 is 39.1 Å². The van der Waals surface area contributed by atoms with Crippen molar-refractivity contribution in [1.82, 2.24) is 4.31 Å². The molecule has 3 amide bonds. The number of amides is 3. The Hall–Kier alpha value is -3.04. The highest BCUT2D eigenvalue weighted by molar-refractivity contribution is 7.89. The molecule has 0 aromatic heterocycles. The van der Waals surface area contributed by atoms with Crippen molar-refractivity contribution < 1.29 is 22.8 Å². The van der Waals surface area contributed by atoms with Gasteiger partial charge in [-0.2, -0.15) is 4.31 Å². The molecule has 186 valence electrons. The predicted molar refractivity (Wildman–Crippen MR) is 133 cm³/mol. The lowest BCUT2D eigenvalue weighted by molar-refractivity contribution is -0.122. The molecule has 35 heavy (non-hydrogen) atoms. The molecule has 9 heteroatoms. The lowest BCUT2D eigenvalue weighted by Crippen LogP contribution is -2.50. The Kier molecular flexibility index (Phi) is 7.37. The quantitative estimate of drug-likeness (QED) is 0.480. The standard InChI is InChI=1S/C26H31N3O5S/c1-18-9-13-21(14-10-18)28-25(31)17-24(26(28)32)29(22-7-5-3-4-6-8-22)35(33,34)23-15-11-20(12-16-23)27-19(2)30/h9-16,22,24H,3-8,17H2,1-2H3,(H,27,30). The van der Waals surface area contributed by atoms with Crippen LogP contribution in [0.1, 0.15) is 57.4 Å². The van der Waals surface area contributed by atoms with Crippen LogP contribution in [-0.4, -0.2) is 42.5 Å². The average molecular weight is 498 g/mol. The van der Waals surface area contributed by atoms with Gasteiger partial charge in [-0.15, -0.1) is 0 Å². The highest BCUT2D eigenvalue weighted by atomic mass is 32.2. The first-order valence-electron chi connectivity index (χ1n) is 12.0. The van der Waals surface area contributed by atoms with Crippen LogP contribution >= 0.6 is 0 Å². The number of anilines is 2. The van der Waals surface area contributed by atoms with Crippen molar-refractivity contribution in [3.63, 3.8) is 0 Å². The lowest BCUT2D eigenvalue weighted by Gasteiger charge is -2.34. The van der Waals surface area contributed by atoms with Gasteiger partial charge in [0.25, 0.3) is 5.91 Å². The van der Waals surface area contributed by atoms with Crippen LogP contribution in [0.15, 0.2) is 53.4 Å². The molecule has 0 bridgehead atoms. The van der Waals surface area contributed by atoms with Gasteiger partial charge in [0.05, 0.1) is 17.0 Å². The third kappa shape index (κ3) is 5.31. The number of nitrogens with one attached hydrogen (secondary N) is 1. The van der Waals surface area contributed by atoms with Gasteiger partial charge in [0.15, 0.2) is 0 Å². The Bertz CT molecular complexity index is 1200. The van der Waals surface area contributed by atoms with Crippen molar-refractivity contribution in [3.05, 3.63) is 54.1 Å². The van der Waals surface area contributed by atoms with E-state index in [0.29, 0.717) is 24.2 Å². The molecule has 1 unspecified atom stereocenters. The molecule has 1 saturated carbocycles. The molecule has 0 spiro atoms. The molecule has 1 N–H and O–H groups in total. The van der Waals surface area contributed by atoms with Gasteiger partial charge in [0, 0.05) is 18.7 Å². The van der Waals surface area contributed by atoms with Crippen molar-refractivity contribution in [3.8, 4) is 0 Å². The molecule has 1 atom stereocenters. The fourth-order valence-electron chi connectivity index (χ4n) is 4.95. The fourth-order valence-corrected chi connectivity index (χ4v) is 6.77. The number of rotatable bonds is 6. The maximum Gasteiger partial charge on any atom is 0.252 e. The second-order valence-electron chi connectivity index (χ2n) is 9.31. The van der Waals surface area contributed by atoms with Gasteiger partial charge in [-0.3, -0.25) is 14.4 Å². The molecule has 2 fully saturated rings. The number of hydrogen-bond acceptors (Lipinski definition) is 5. The second-order valence-corrected chi connectivity index (χ2v) is 11.2. The van der Waals surface area contributed by atoms with Gasteiger partial charge >= 0.3 is 0 Å². The summed E-state index contributed by atoms with van der Waals surface area (Å²) >= 11 is 0. The van der Waals surface area contributed by atoms with Crippen LogP contribution < -0.4 is 10.2 Å². The molecule has 2 aliphatic rings. The number of sulfonamides is 1. The summed E-state index contributed by atoms with van der Waals surface area (Å²) in [7, 11) is -4.09. The Balaban J connectivity index is 1.71. The second kappa shape index (κ2) is 10.3. The van der Waals surface area contributed by atoms with E-state index < -0.39 is 27.9 Å². The highest BCUT2D eigenvalue weighted by Gasteiger charge is 2.49. The average Bonchev–Trinajstić information content (AvgIpc) is 2.97. The third-order valence-electron chi connectivity index (χ3n) is 6.66. The topological polar surface area (TPSA) is 104 Å². The first-order chi connectivity index (χ1) is 16.7. The zero-order chi connectivity index (χ0) is 25.2. The summed E-state index contributed by atoms with van der Waals surface area (Å²) in [5.74, 6) is -1.17. The van der Waals surface area contributed by atoms with E-state index in [0.717, 1.165) is 36.1 Å². The highest BCUT2D eigenvalue weighted by Crippen LogP contribution is 2.35. The number of hydrogen-bond donors (Lipinski definition) is 1. The van der Waals surface area contributed by atoms with E-state index in [4.69, 9.17) is 0 Å². The van der Waals surface area contributed by atoms with Gasteiger partial charge in [0.2, 0.25) is 21.8 Å². The van der Waals surface area contributed by atoms with E-state index in [1.807, 2.05) is 19.1 Å². The largest absolute Gasteiger partial charge is 0.326 e. The zero-order valence-electron chi connectivity index (χ0n) is 20.1. The molecular weight excluding hydrogens is 466 g/mol. The van der Waals surface area contributed by atoms with Crippen LogP contribution in [0, 0.1) is 6.92 Å². The summed E-state index contributed by atoms with van der Waals surface area (Å²) in [5.41, 5.74) is 1.93. The smallest absolute Gasteiger partial charge is 0.252 e. The van der Waals surface area contributed by atoms with Crippen LogP contribution in [0.4, 0.5) is 11.4 Å². The van der Waals surface area contributed by atoms with Crippen LogP contribution in [0.5, 0.6) is 0 Å². The number of benzene rings is 2. The number of carbonyl (C=O) groups excluding carboxylic acids is 3. The van der Waals surface area contributed by atoms with Gasteiger partial charge in [-0.05, 0) is 56.2 Å². The molecule has 4 rings (SSSR count). The van der Waals surface area contributed by atoms with Gasteiger partial charge < -0.3 is 5.32 Å². The first-order valence-corrected chi connectivity index (χ1v) is 13.5. The molecule has 8 nitrogen and oxygen atoms in total. The van der Waals surface area contributed by atoms with E-state index in [1.54, 1.807) is 12.1 Å². The zero-order valence-corrected chi connectivity index (χ0v) is 20.9. The number of imide groups is 1. The molecular formula is C26H31N3O5S. The van der Waals surface area contributed by atoms with Gasteiger partial charge in [0.1, 0.15) is 6.04 Å². The van der Waals surface area contributed by atoms with E-state index in [-0.39, 0.29) is 23.3 Å². The third-order valence-corrected chi connectivity index (χ3v) is 8.63. The Morgan fingerprint density at radius 3 is 2.11 bits per heavy atom. The molecule has 1 saturated heterocycles. The van der Waals surface area contributed by atoms with E-state index in [2.05, 4.69) is 5.32 Å². The Morgan fingerprint density at radius 1 is 0.943 bits per heavy atom. The monoisotopic (exact) mass is 497 g/mol. The van der Waals surface area contributed by atoms with Crippen LogP contribution in [0.25, 0.3) is 0 Å². The molecule has 0 radical (unpaired) electrons. The minimum Gasteiger partial charge on any atom is -0.326 e. The van der Waals surface area contributed by atoms with Crippen LogP contribution in [0.3, 0.4) is 0 Å². The number of carbonyl (C=O) groups is 3. The SMILES string of the molecule is CC(=O)Nc1ccc(S(=O)(=O)N(C2CCCCCC2)C2CC(=O)N(c3ccc(C)cc3)C2=O)cc1. The van der Waals surface area contributed by atoms with Crippen LogP contribution in [0.2, 0.25) is 0 Å².